The highest BCUT2D eigenvalue weighted by Crippen LogP contribution is 2.31. The number of hydrogen-bond donors (Lipinski definition) is 2. The monoisotopic (exact) mass is 338 g/mol. The van der Waals surface area contributed by atoms with Crippen LogP contribution in [0.4, 0.5) is 0 Å². The summed E-state index contributed by atoms with van der Waals surface area (Å²) in [5.41, 5.74) is 5.55. The summed E-state index contributed by atoms with van der Waals surface area (Å²) in [6.07, 6.45) is 2.74. The molecule has 3 aromatic rings. The number of rotatable bonds is 2. The van der Waals surface area contributed by atoms with E-state index in [1.54, 1.807) is 0 Å². The molecule has 0 fully saturated rings. The number of fused-ring (bicyclic) bond motifs is 3. The second-order valence-electron chi connectivity index (χ2n) is 6.55. The number of nitrogens with one attached hydrogen (secondary N) is 2. The number of hydrogen-bond acceptors (Lipinski definition) is 1. The van der Waals surface area contributed by atoms with Gasteiger partial charge in [0.2, 0.25) is 0 Å². The van der Waals surface area contributed by atoms with E-state index < -0.39 is 0 Å². The maximum absolute atomic E-state index is 12.5. The molecule has 1 atom stereocenters. The van der Waals surface area contributed by atoms with Crippen LogP contribution in [-0.4, -0.2) is 16.9 Å². The fourth-order valence-corrected chi connectivity index (χ4v) is 3.66. The zero-order valence-corrected chi connectivity index (χ0v) is 14.3. The summed E-state index contributed by atoms with van der Waals surface area (Å²) in [5, 5.41) is 5.10. The first-order chi connectivity index (χ1) is 11.6. The minimum atomic E-state index is 0.00123. The van der Waals surface area contributed by atoms with Crippen molar-refractivity contribution in [2.24, 2.45) is 0 Å². The molecule has 1 amide bonds. The van der Waals surface area contributed by atoms with Gasteiger partial charge in [-0.25, -0.2) is 0 Å². The summed E-state index contributed by atoms with van der Waals surface area (Å²) in [6, 6.07) is 13.8. The molecule has 1 aliphatic rings. The Morgan fingerprint density at radius 3 is 2.79 bits per heavy atom. The Labute approximate surface area is 146 Å². The molecule has 2 N–H and O–H groups in total. The topological polar surface area (TPSA) is 44.9 Å². The molecule has 24 heavy (non-hydrogen) atoms. The van der Waals surface area contributed by atoms with Gasteiger partial charge in [-0.1, -0.05) is 29.3 Å². The molecule has 0 aliphatic heterocycles. The molecule has 0 radical (unpaired) electrons. The fraction of sp³-hybridized carbons (Fsp3) is 0.250. The highest BCUT2D eigenvalue weighted by molar-refractivity contribution is 6.31. The van der Waals surface area contributed by atoms with Crippen LogP contribution in [-0.2, 0) is 12.8 Å². The molecule has 4 heteroatoms. The van der Waals surface area contributed by atoms with Crippen molar-refractivity contribution in [3.05, 3.63) is 69.9 Å². The molecule has 3 nitrogen and oxygen atoms in total. The predicted molar refractivity (Wildman–Crippen MR) is 97.8 cm³/mol. The fourth-order valence-electron chi connectivity index (χ4n) is 3.49. The van der Waals surface area contributed by atoms with Crippen LogP contribution in [0.3, 0.4) is 0 Å². The maximum Gasteiger partial charge on any atom is 0.251 e. The summed E-state index contributed by atoms with van der Waals surface area (Å²) < 4.78 is 0. The van der Waals surface area contributed by atoms with Crippen molar-refractivity contribution in [2.45, 2.75) is 32.2 Å². The first kappa shape index (κ1) is 15.3. The molecule has 1 unspecified atom stereocenters. The average molecular weight is 339 g/mol. The first-order valence-electron chi connectivity index (χ1n) is 8.26. The molecule has 1 aliphatic carbocycles. The van der Waals surface area contributed by atoms with Crippen molar-refractivity contribution in [3.8, 4) is 0 Å². The van der Waals surface area contributed by atoms with Gasteiger partial charge in [0.15, 0.2) is 0 Å². The van der Waals surface area contributed by atoms with Crippen LogP contribution >= 0.6 is 11.6 Å². The molecule has 4 rings (SSSR count). The van der Waals surface area contributed by atoms with Gasteiger partial charge in [-0.3, -0.25) is 4.79 Å². The first-order valence-corrected chi connectivity index (χ1v) is 8.64. The molecule has 0 spiro atoms. The van der Waals surface area contributed by atoms with E-state index >= 15 is 0 Å². The zero-order valence-electron chi connectivity index (χ0n) is 13.5. The van der Waals surface area contributed by atoms with Crippen LogP contribution in [0.5, 0.6) is 0 Å². The van der Waals surface area contributed by atoms with Crippen molar-refractivity contribution < 1.29 is 4.79 Å². The number of amides is 1. The van der Waals surface area contributed by atoms with Crippen molar-refractivity contribution in [2.75, 3.05) is 0 Å². The molecule has 1 aromatic heterocycles. The summed E-state index contributed by atoms with van der Waals surface area (Å²) >= 11 is 6.15. The Morgan fingerprint density at radius 1 is 1.21 bits per heavy atom. The second-order valence-corrected chi connectivity index (χ2v) is 6.99. The van der Waals surface area contributed by atoms with Crippen LogP contribution in [0.15, 0.2) is 42.5 Å². The van der Waals surface area contributed by atoms with Crippen molar-refractivity contribution in [3.63, 3.8) is 0 Å². The van der Waals surface area contributed by atoms with Crippen molar-refractivity contribution >= 4 is 28.4 Å². The molecule has 0 saturated heterocycles. The Kier molecular flexibility index (Phi) is 3.81. The predicted octanol–water partition coefficient (Wildman–Crippen LogP) is 4.42. The van der Waals surface area contributed by atoms with E-state index in [4.69, 9.17) is 11.6 Å². The number of carbonyl (C=O) groups excluding carboxylic acids is 1. The highest BCUT2D eigenvalue weighted by Gasteiger charge is 2.24. The molecule has 0 saturated carbocycles. The van der Waals surface area contributed by atoms with E-state index in [0.717, 1.165) is 35.4 Å². The van der Waals surface area contributed by atoms with Gasteiger partial charge in [-0.15, -0.1) is 0 Å². The van der Waals surface area contributed by atoms with Gasteiger partial charge in [0.05, 0.1) is 0 Å². The number of H-pyrrole nitrogens is 1. The zero-order chi connectivity index (χ0) is 16.7. The number of aryl methyl sites for hydroxylation is 2. The van der Waals surface area contributed by atoms with Gasteiger partial charge in [0.1, 0.15) is 0 Å². The van der Waals surface area contributed by atoms with Crippen LogP contribution in [0, 0.1) is 6.92 Å². The van der Waals surface area contributed by atoms with E-state index in [-0.39, 0.29) is 11.9 Å². The molecule has 0 bridgehead atoms. The van der Waals surface area contributed by atoms with E-state index in [1.165, 1.54) is 16.6 Å². The van der Waals surface area contributed by atoms with Crippen LogP contribution < -0.4 is 5.32 Å². The highest BCUT2D eigenvalue weighted by atomic mass is 35.5. The molecular formula is C20H19ClN2O. The van der Waals surface area contributed by atoms with E-state index in [9.17, 15) is 4.79 Å². The summed E-state index contributed by atoms with van der Waals surface area (Å²) in [6.45, 7) is 2.02. The lowest BCUT2D eigenvalue weighted by atomic mass is 9.91. The largest absolute Gasteiger partial charge is 0.358 e. The van der Waals surface area contributed by atoms with Gasteiger partial charge in [-0.05, 0) is 62.1 Å². The Bertz CT molecular complexity index is 911. The third kappa shape index (κ3) is 2.80. The lowest BCUT2D eigenvalue weighted by Gasteiger charge is -2.23. The normalized spacial score (nSPS) is 16.8. The third-order valence-corrected chi connectivity index (χ3v) is 5.03. The Balaban J connectivity index is 1.55. The maximum atomic E-state index is 12.5. The summed E-state index contributed by atoms with van der Waals surface area (Å²) in [7, 11) is 0. The number of halogens is 1. The van der Waals surface area contributed by atoms with Crippen LogP contribution in [0.25, 0.3) is 10.9 Å². The average Bonchev–Trinajstić information content (AvgIpc) is 2.93. The van der Waals surface area contributed by atoms with Gasteiger partial charge in [0.25, 0.3) is 5.91 Å². The number of benzene rings is 2. The van der Waals surface area contributed by atoms with Gasteiger partial charge < -0.3 is 10.3 Å². The summed E-state index contributed by atoms with van der Waals surface area (Å²) in [4.78, 5) is 15.9. The SMILES string of the molecule is Cc1ccc(C(=O)NC2CCc3[nH]c4ccc(Cl)cc4c3C2)cc1. The third-order valence-electron chi connectivity index (χ3n) is 4.80. The number of aromatic nitrogens is 1. The smallest absolute Gasteiger partial charge is 0.251 e. The van der Waals surface area contributed by atoms with Crippen molar-refractivity contribution in [1.29, 1.82) is 0 Å². The Morgan fingerprint density at radius 2 is 2.00 bits per heavy atom. The van der Waals surface area contributed by atoms with Gasteiger partial charge in [-0.2, -0.15) is 0 Å². The molecule has 122 valence electrons. The Hall–Kier alpha value is -2.26. The van der Waals surface area contributed by atoms with E-state index in [1.807, 2.05) is 49.4 Å². The number of carbonyl (C=O) groups is 1. The minimum absolute atomic E-state index is 0.00123. The lowest BCUT2D eigenvalue weighted by Crippen LogP contribution is -2.38. The molecular weight excluding hydrogens is 320 g/mol. The quantitative estimate of drug-likeness (QED) is 0.714. The lowest BCUT2D eigenvalue weighted by molar-refractivity contribution is 0.0933. The number of aromatic amines is 1. The summed E-state index contributed by atoms with van der Waals surface area (Å²) in [5.74, 6) is 0.00123. The molecule has 1 heterocycles. The van der Waals surface area contributed by atoms with Crippen LogP contribution in [0.2, 0.25) is 5.02 Å². The van der Waals surface area contributed by atoms with Gasteiger partial charge in [0, 0.05) is 33.2 Å². The molecule has 2 aromatic carbocycles. The van der Waals surface area contributed by atoms with Crippen LogP contribution in [0.1, 0.15) is 33.6 Å². The minimum Gasteiger partial charge on any atom is -0.358 e. The van der Waals surface area contributed by atoms with E-state index in [0.29, 0.717) is 5.56 Å². The standard InChI is InChI=1S/C20H19ClN2O/c1-12-2-4-13(5-3-12)20(24)22-15-7-9-19-17(11-15)16-10-14(21)6-8-18(16)23-19/h2-6,8,10,15,23H,7,9,11H2,1H3,(H,22,24). The van der Waals surface area contributed by atoms with Crippen molar-refractivity contribution in [1.82, 2.24) is 10.3 Å². The van der Waals surface area contributed by atoms with Gasteiger partial charge >= 0.3 is 0 Å². The second kappa shape index (κ2) is 5.99. The van der Waals surface area contributed by atoms with E-state index in [2.05, 4.69) is 10.3 Å².